The summed E-state index contributed by atoms with van der Waals surface area (Å²) in [4.78, 5) is 0. The third-order valence-electron chi connectivity index (χ3n) is 4.28. The lowest BCUT2D eigenvalue weighted by atomic mass is 9.79. The molecule has 0 radical (unpaired) electrons. The van der Waals surface area contributed by atoms with Crippen LogP contribution in [0.15, 0.2) is 18.2 Å². The molecule has 0 saturated carbocycles. The highest BCUT2D eigenvalue weighted by Crippen LogP contribution is 2.40. The van der Waals surface area contributed by atoms with Crippen molar-refractivity contribution in [3.63, 3.8) is 0 Å². The Bertz CT molecular complexity index is 402. The van der Waals surface area contributed by atoms with Gasteiger partial charge in [0.2, 0.25) is 0 Å². The molecule has 0 spiro atoms. The number of para-hydroxylation sites is 1. The van der Waals surface area contributed by atoms with Crippen LogP contribution in [-0.4, -0.2) is 19.7 Å². The van der Waals surface area contributed by atoms with Gasteiger partial charge in [-0.1, -0.05) is 31.5 Å². The molecule has 2 aliphatic rings. The Morgan fingerprint density at radius 2 is 2.35 bits per heavy atom. The van der Waals surface area contributed by atoms with Gasteiger partial charge in [0.25, 0.3) is 0 Å². The number of hydrogen-bond acceptors (Lipinski definition) is 2. The molecule has 0 aromatic heterocycles. The molecule has 0 amide bonds. The highest BCUT2D eigenvalue weighted by molar-refractivity contribution is 5.46. The molecule has 3 rings (SSSR count). The molecule has 1 aromatic rings. The van der Waals surface area contributed by atoms with Gasteiger partial charge in [-0.2, -0.15) is 0 Å². The second kappa shape index (κ2) is 4.69. The Balaban J connectivity index is 1.95. The summed E-state index contributed by atoms with van der Waals surface area (Å²) in [5.41, 5.74) is 2.88. The molecular weight excluding hydrogens is 210 g/mol. The van der Waals surface area contributed by atoms with Crippen LogP contribution in [0.3, 0.4) is 0 Å². The van der Waals surface area contributed by atoms with Crippen molar-refractivity contribution in [1.29, 1.82) is 0 Å². The molecular formula is C15H21NO. The van der Waals surface area contributed by atoms with Crippen LogP contribution in [0, 0.1) is 5.92 Å². The van der Waals surface area contributed by atoms with E-state index in [1.54, 1.807) is 0 Å². The minimum Gasteiger partial charge on any atom is -0.493 e. The molecule has 2 atom stereocenters. The van der Waals surface area contributed by atoms with E-state index in [0.717, 1.165) is 32.0 Å². The van der Waals surface area contributed by atoms with Gasteiger partial charge in [0.05, 0.1) is 6.61 Å². The van der Waals surface area contributed by atoms with Gasteiger partial charge in [-0.05, 0) is 42.5 Å². The monoisotopic (exact) mass is 231 g/mol. The average molecular weight is 231 g/mol. The zero-order valence-corrected chi connectivity index (χ0v) is 10.5. The van der Waals surface area contributed by atoms with Crippen LogP contribution in [-0.2, 0) is 6.42 Å². The van der Waals surface area contributed by atoms with Crippen LogP contribution in [0.2, 0.25) is 0 Å². The topological polar surface area (TPSA) is 21.3 Å². The summed E-state index contributed by atoms with van der Waals surface area (Å²) in [5, 5.41) is 3.51. The predicted molar refractivity (Wildman–Crippen MR) is 69.6 cm³/mol. The van der Waals surface area contributed by atoms with Crippen molar-refractivity contribution in [3.8, 4) is 5.75 Å². The minimum absolute atomic E-state index is 0.689. The summed E-state index contributed by atoms with van der Waals surface area (Å²) in [7, 11) is 0. The van der Waals surface area contributed by atoms with E-state index in [1.807, 2.05) is 0 Å². The number of hydrogen-bond donors (Lipinski definition) is 1. The van der Waals surface area contributed by atoms with Crippen LogP contribution in [0.4, 0.5) is 0 Å². The minimum atomic E-state index is 0.689. The summed E-state index contributed by atoms with van der Waals surface area (Å²) in [5.74, 6) is 2.66. The first-order chi connectivity index (χ1) is 8.40. The molecule has 0 aliphatic carbocycles. The summed E-state index contributed by atoms with van der Waals surface area (Å²) < 4.78 is 5.86. The van der Waals surface area contributed by atoms with E-state index in [-0.39, 0.29) is 0 Å². The standard InChI is InChI=1S/C15H21NO/c1-2-11-10-16-8-6-13(11)14-5-3-4-12-7-9-17-15(12)14/h3-5,11,13,16H,2,6-10H2,1H3. The average Bonchev–Trinajstić information content (AvgIpc) is 2.86. The molecule has 0 bridgehead atoms. The molecule has 2 heterocycles. The van der Waals surface area contributed by atoms with E-state index in [2.05, 4.69) is 30.4 Å². The van der Waals surface area contributed by atoms with Crippen molar-refractivity contribution in [2.75, 3.05) is 19.7 Å². The fourth-order valence-electron chi connectivity index (χ4n) is 3.29. The Labute approximate surface area is 103 Å². The van der Waals surface area contributed by atoms with Gasteiger partial charge in [-0.25, -0.2) is 0 Å². The van der Waals surface area contributed by atoms with E-state index in [9.17, 15) is 0 Å². The van der Waals surface area contributed by atoms with Crippen molar-refractivity contribution < 1.29 is 4.74 Å². The Morgan fingerprint density at radius 3 is 3.24 bits per heavy atom. The molecule has 1 saturated heterocycles. The smallest absolute Gasteiger partial charge is 0.126 e. The predicted octanol–water partition coefficient (Wildman–Crippen LogP) is 2.72. The number of piperidine rings is 1. The Kier molecular flexibility index (Phi) is 3.06. The summed E-state index contributed by atoms with van der Waals surface area (Å²) >= 11 is 0. The van der Waals surface area contributed by atoms with Crippen molar-refractivity contribution in [2.24, 2.45) is 5.92 Å². The number of fused-ring (bicyclic) bond motifs is 1. The normalized spacial score (nSPS) is 27.6. The number of benzene rings is 1. The fourth-order valence-corrected chi connectivity index (χ4v) is 3.29. The number of ether oxygens (including phenoxy) is 1. The molecule has 2 unspecified atom stereocenters. The summed E-state index contributed by atoms with van der Waals surface area (Å²) in [6.07, 6.45) is 3.59. The molecule has 1 aromatic carbocycles. The van der Waals surface area contributed by atoms with E-state index < -0.39 is 0 Å². The molecule has 17 heavy (non-hydrogen) atoms. The van der Waals surface area contributed by atoms with E-state index >= 15 is 0 Å². The van der Waals surface area contributed by atoms with Crippen LogP contribution < -0.4 is 10.1 Å². The second-order valence-electron chi connectivity index (χ2n) is 5.20. The molecule has 92 valence electrons. The second-order valence-corrected chi connectivity index (χ2v) is 5.20. The molecule has 1 fully saturated rings. The Morgan fingerprint density at radius 1 is 1.41 bits per heavy atom. The molecule has 2 nitrogen and oxygen atoms in total. The maximum Gasteiger partial charge on any atom is 0.126 e. The maximum absolute atomic E-state index is 5.86. The van der Waals surface area contributed by atoms with Crippen molar-refractivity contribution in [3.05, 3.63) is 29.3 Å². The van der Waals surface area contributed by atoms with Crippen LogP contribution in [0.5, 0.6) is 5.75 Å². The van der Waals surface area contributed by atoms with Gasteiger partial charge in [-0.15, -0.1) is 0 Å². The fraction of sp³-hybridized carbons (Fsp3) is 0.600. The van der Waals surface area contributed by atoms with Gasteiger partial charge in [0.15, 0.2) is 0 Å². The third kappa shape index (κ3) is 1.95. The molecule has 1 N–H and O–H groups in total. The lowest BCUT2D eigenvalue weighted by Gasteiger charge is -2.32. The van der Waals surface area contributed by atoms with Crippen LogP contribution in [0.25, 0.3) is 0 Å². The molecule has 2 aliphatic heterocycles. The van der Waals surface area contributed by atoms with Gasteiger partial charge in [-0.3, -0.25) is 0 Å². The summed E-state index contributed by atoms with van der Waals surface area (Å²) in [6, 6.07) is 6.70. The largest absolute Gasteiger partial charge is 0.493 e. The molecule has 2 heteroatoms. The zero-order chi connectivity index (χ0) is 11.7. The summed E-state index contributed by atoms with van der Waals surface area (Å²) in [6.45, 7) is 5.47. The first-order valence-corrected chi connectivity index (χ1v) is 6.85. The third-order valence-corrected chi connectivity index (χ3v) is 4.28. The first-order valence-electron chi connectivity index (χ1n) is 6.85. The SMILES string of the molecule is CCC1CNCCC1c1cccc2c1OCC2. The lowest BCUT2D eigenvalue weighted by Crippen LogP contribution is -2.35. The maximum atomic E-state index is 5.86. The van der Waals surface area contributed by atoms with E-state index in [4.69, 9.17) is 4.74 Å². The van der Waals surface area contributed by atoms with Crippen LogP contribution in [0.1, 0.15) is 36.8 Å². The Hall–Kier alpha value is -1.02. The highest BCUT2D eigenvalue weighted by Gasteiger charge is 2.29. The van der Waals surface area contributed by atoms with Gasteiger partial charge in [0, 0.05) is 6.42 Å². The van der Waals surface area contributed by atoms with E-state index in [1.165, 1.54) is 29.7 Å². The number of rotatable bonds is 2. The van der Waals surface area contributed by atoms with Crippen LogP contribution >= 0.6 is 0 Å². The highest BCUT2D eigenvalue weighted by atomic mass is 16.5. The zero-order valence-electron chi connectivity index (χ0n) is 10.5. The van der Waals surface area contributed by atoms with E-state index in [0.29, 0.717) is 5.92 Å². The van der Waals surface area contributed by atoms with Crippen molar-refractivity contribution in [1.82, 2.24) is 5.32 Å². The quantitative estimate of drug-likeness (QED) is 0.845. The van der Waals surface area contributed by atoms with Crippen molar-refractivity contribution in [2.45, 2.75) is 32.1 Å². The van der Waals surface area contributed by atoms with Crippen molar-refractivity contribution >= 4 is 0 Å². The lowest BCUT2D eigenvalue weighted by molar-refractivity contribution is 0.301. The first kappa shape index (κ1) is 11.1. The van der Waals surface area contributed by atoms with Gasteiger partial charge >= 0.3 is 0 Å². The van der Waals surface area contributed by atoms with Gasteiger partial charge in [0.1, 0.15) is 5.75 Å². The number of nitrogens with one attached hydrogen (secondary N) is 1. The van der Waals surface area contributed by atoms with Gasteiger partial charge < -0.3 is 10.1 Å².